The molecule has 1 atom stereocenters. The van der Waals surface area contributed by atoms with Crippen molar-refractivity contribution in [3.63, 3.8) is 0 Å². The highest BCUT2D eigenvalue weighted by atomic mass is 16.6. The highest BCUT2D eigenvalue weighted by molar-refractivity contribution is 5.23. The van der Waals surface area contributed by atoms with Crippen molar-refractivity contribution in [2.75, 3.05) is 6.61 Å². The summed E-state index contributed by atoms with van der Waals surface area (Å²) in [6, 6.07) is 9.15. The van der Waals surface area contributed by atoms with Gasteiger partial charge in [0.1, 0.15) is 0 Å². The summed E-state index contributed by atoms with van der Waals surface area (Å²) in [5.74, 6) is 0. The van der Waals surface area contributed by atoms with Gasteiger partial charge in [0.05, 0.1) is 12.7 Å². The first-order chi connectivity index (χ1) is 9.38. The zero-order valence-electron chi connectivity index (χ0n) is 12.4. The molecule has 106 valence electrons. The van der Waals surface area contributed by atoms with Crippen LogP contribution >= 0.6 is 0 Å². The van der Waals surface area contributed by atoms with Gasteiger partial charge in [-0.3, -0.25) is 0 Å². The van der Waals surface area contributed by atoms with Crippen LogP contribution in [0.4, 0.5) is 0 Å². The normalized spacial score (nSPS) is 17.6. The minimum atomic E-state index is 0.508. The molecular formula is C18H28O. The number of hydrogen-bond donors (Lipinski definition) is 0. The van der Waals surface area contributed by atoms with Crippen molar-refractivity contribution in [1.29, 1.82) is 0 Å². The van der Waals surface area contributed by atoms with Crippen LogP contribution in [0.3, 0.4) is 0 Å². The minimum Gasteiger partial charge on any atom is -0.373 e. The van der Waals surface area contributed by atoms with E-state index < -0.39 is 0 Å². The molecule has 0 saturated carbocycles. The van der Waals surface area contributed by atoms with Gasteiger partial charge in [0.25, 0.3) is 0 Å². The first-order valence-electron chi connectivity index (χ1n) is 8.08. The van der Waals surface area contributed by atoms with Gasteiger partial charge in [-0.05, 0) is 24.0 Å². The van der Waals surface area contributed by atoms with Crippen LogP contribution < -0.4 is 0 Å². The van der Waals surface area contributed by atoms with Crippen molar-refractivity contribution < 1.29 is 4.74 Å². The average Bonchev–Trinajstić information content (AvgIpc) is 3.24. The van der Waals surface area contributed by atoms with E-state index in [9.17, 15) is 0 Å². The molecule has 1 aliphatic rings. The van der Waals surface area contributed by atoms with Crippen LogP contribution in [0.15, 0.2) is 24.3 Å². The molecule has 1 fully saturated rings. The first-order valence-corrected chi connectivity index (χ1v) is 8.08. The van der Waals surface area contributed by atoms with E-state index in [2.05, 4.69) is 31.2 Å². The largest absolute Gasteiger partial charge is 0.373 e. The number of ether oxygens (including phenoxy) is 1. The number of rotatable bonds is 10. The van der Waals surface area contributed by atoms with Gasteiger partial charge in [-0.1, -0.05) is 69.7 Å². The molecule has 1 aromatic carbocycles. The predicted octanol–water partition coefficient (Wildman–Crippen LogP) is 4.92. The second-order valence-electron chi connectivity index (χ2n) is 5.85. The standard InChI is InChI=1S/C18H28O/c1-2-3-4-5-6-7-8-9-16-10-12-17(13-11-16)14-18-15-19-18/h10-13,18H,2-9,14-15H2,1H3. The molecule has 1 nitrogen and oxygen atoms in total. The third kappa shape index (κ3) is 6.24. The molecule has 0 spiro atoms. The Morgan fingerprint density at radius 3 is 2.11 bits per heavy atom. The molecule has 1 unspecified atom stereocenters. The molecule has 0 radical (unpaired) electrons. The highest BCUT2D eigenvalue weighted by Crippen LogP contribution is 2.17. The van der Waals surface area contributed by atoms with Crippen molar-refractivity contribution >= 4 is 0 Å². The van der Waals surface area contributed by atoms with E-state index in [4.69, 9.17) is 4.74 Å². The first kappa shape index (κ1) is 14.6. The summed E-state index contributed by atoms with van der Waals surface area (Å²) in [4.78, 5) is 0. The summed E-state index contributed by atoms with van der Waals surface area (Å²) in [5, 5.41) is 0. The van der Waals surface area contributed by atoms with Gasteiger partial charge in [-0.2, -0.15) is 0 Å². The smallest absolute Gasteiger partial charge is 0.0850 e. The molecule has 0 bridgehead atoms. The lowest BCUT2D eigenvalue weighted by Crippen LogP contribution is -1.93. The van der Waals surface area contributed by atoms with E-state index in [-0.39, 0.29) is 0 Å². The third-order valence-corrected chi connectivity index (χ3v) is 3.96. The Kier molecular flexibility index (Phi) is 6.43. The zero-order valence-corrected chi connectivity index (χ0v) is 12.4. The summed E-state index contributed by atoms with van der Waals surface area (Å²) < 4.78 is 5.26. The van der Waals surface area contributed by atoms with Gasteiger partial charge in [0, 0.05) is 6.42 Å². The molecule has 1 heteroatoms. The van der Waals surface area contributed by atoms with Crippen LogP contribution in [0.25, 0.3) is 0 Å². The molecule has 1 aromatic rings. The third-order valence-electron chi connectivity index (χ3n) is 3.96. The topological polar surface area (TPSA) is 12.5 Å². The molecule has 0 N–H and O–H groups in total. The molecule has 1 heterocycles. The SMILES string of the molecule is CCCCCCCCCc1ccc(CC2CO2)cc1. The molecule has 0 aliphatic carbocycles. The van der Waals surface area contributed by atoms with Gasteiger partial charge in [-0.15, -0.1) is 0 Å². The fourth-order valence-corrected chi connectivity index (χ4v) is 2.58. The number of hydrogen-bond acceptors (Lipinski definition) is 1. The fourth-order valence-electron chi connectivity index (χ4n) is 2.58. The van der Waals surface area contributed by atoms with Crippen LogP contribution in [0.2, 0.25) is 0 Å². The number of epoxide rings is 1. The lowest BCUT2D eigenvalue weighted by molar-refractivity contribution is 0.407. The van der Waals surface area contributed by atoms with E-state index in [0.717, 1.165) is 13.0 Å². The van der Waals surface area contributed by atoms with E-state index >= 15 is 0 Å². The van der Waals surface area contributed by atoms with E-state index in [0.29, 0.717) is 6.10 Å². The van der Waals surface area contributed by atoms with Crippen LogP contribution in [-0.2, 0) is 17.6 Å². The van der Waals surface area contributed by atoms with Crippen LogP contribution in [0, 0.1) is 0 Å². The molecule has 0 amide bonds. The predicted molar refractivity (Wildman–Crippen MR) is 81.6 cm³/mol. The van der Waals surface area contributed by atoms with Crippen molar-refractivity contribution in [3.05, 3.63) is 35.4 Å². The highest BCUT2D eigenvalue weighted by Gasteiger charge is 2.22. The van der Waals surface area contributed by atoms with Crippen molar-refractivity contribution in [2.24, 2.45) is 0 Å². The van der Waals surface area contributed by atoms with Crippen LogP contribution in [-0.4, -0.2) is 12.7 Å². The second kappa shape index (κ2) is 8.37. The second-order valence-corrected chi connectivity index (χ2v) is 5.85. The van der Waals surface area contributed by atoms with Gasteiger partial charge in [0.15, 0.2) is 0 Å². The van der Waals surface area contributed by atoms with Gasteiger partial charge < -0.3 is 4.74 Å². The zero-order chi connectivity index (χ0) is 13.3. The minimum absolute atomic E-state index is 0.508. The number of benzene rings is 1. The maximum atomic E-state index is 5.26. The maximum Gasteiger partial charge on any atom is 0.0850 e. The van der Waals surface area contributed by atoms with E-state index in [1.807, 2.05) is 0 Å². The molecule has 0 aromatic heterocycles. The summed E-state index contributed by atoms with van der Waals surface area (Å²) in [6.07, 6.45) is 12.6. The van der Waals surface area contributed by atoms with Crippen molar-refractivity contribution in [3.8, 4) is 0 Å². The molecule has 19 heavy (non-hydrogen) atoms. The Morgan fingerprint density at radius 2 is 1.47 bits per heavy atom. The summed E-state index contributed by atoms with van der Waals surface area (Å²) in [6.45, 7) is 3.23. The summed E-state index contributed by atoms with van der Waals surface area (Å²) in [5.41, 5.74) is 2.92. The van der Waals surface area contributed by atoms with Gasteiger partial charge >= 0.3 is 0 Å². The Labute approximate surface area is 118 Å². The average molecular weight is 260 g/mol. The Morgan fingerprint density at radius 1 is 0.895 bits per heavy atom. The van der Waals surface area contributed by atoms with Gasteiger partial charge in [0.2, 0.25) is 0 Å². The van der Waals surface area contributed by atoms with Crippen molar-refractivity contribution in [1.82, 2.24) is 0 Å². The molecule has 2 rings (SSSR count). The van der Waals surface area contributed by atoms with Crippen LogP contribution in [0.1, 0.15) is 63.0 Å². The van der Waals surface area contributed by atoms with E-state index in [1.54, 1.807) is 0 Å². The van der Waals surface area contributed by atoms with E-state index in [1.165, 1.54) is 62.5 Å². The molecular weight excluding hydrogens is 232 g/mol. The lowest BCUT2D eigenvalue weighted by Gasteiger charge is -2.04. The fraction of sp³-hybridized carbons (Fsp3) is 0.667. The maximum absolute atomic E-state index is 5.26. The quantitative estimate of drug-likeness (QED) is 0.429. The number of unbranched alkanes of at least 4 members (excludes halogenated alkanes) is 6. The Hall–Kier alpha value is -0.820. The number of aryl methyl sites for hydroxylation is 1. The monoisotopic (exact) mass is 260 g/mol. The summed E-state index contributed by atoms with van der Waals surface area (Å²) >= 11 is 0. The summed E-state index contributed by atoms with van der Waals surface area (Å²) in [7, 11) is 0. The lowest BCUT2D eigenvalue weighted by atomic mass is 10.0. The van der Waals surface area contributed by atoms with Crippen molar-refractivity contribution in [2.45, 2.75) is 70.8 Å². The Balaban J connectivity index is 1.55. The molecule has 1 saturated heterocycles. The van der Waals surface area contributed by atoms with Crippen LogP contribution in [0.5, 0.6) is 0 Å². The molecule has 1 aliphatic heterocycles. The van der Waals surface area contributed by atoms with Gasteiger partial charge in [-0.25, -0.2) is 0 Å². The Bertz CT molecular complexity index is 337.